The van der Waals surface area contributed by atoms with Crippen molar-refractivity contribution < 1.29 is 0 Å². The van der Waals surface area contributed by atoms with Crippen molar-refractivity contribution in [3.63, 3.8) is 0 Å². The van der Waals surface area contributed by atoms with Crippen LogP contribution in [-0.2, 0) is 0 Å². The SMILES string of the molecule is CCCCSc1ncnc2c1c(-c1ccccc1)cn2-c1ccc(C)c(Cl)c1. The van der Waals surface area contributed by atoms with Gasteiger partial charge < -0.3 is 4.57 Å². The molecule has 0 fully saturated rings. The van der Waals surface area contributed by atoms with Crippen molar-refractivity contribution in [1.29, 1.82) is 0 Å². The molecule has 0 saturated heterocycles. The van der Waals surface area contributed by atoms with E-state index in [2.05, 4.69) is 58.0 Å². The van der Waals surface area contributed by atoms with Crippen LogP contribution in [0.25, 0.3) is 27.8 Å². The maximum absolute atomic E-state index is 6.40. The highest BCUT2D eigenvalue weighted by atomic mass is 35.5. The number of unbranched alkanes of at least 4 members (excludes halogenated alkanes) is 1. The van der Waals surface area contributed by atoms with Gasteiger partial charge in [-0.15, -0.1) is 11.8 Å². The van der Waals surface area contributed by atoms with Gasteiger partial charge in [-0.3, -0.25) is 0 Å². The molecule has 0 atom stereocenters. The molecule has 5 heteroatoms. The van der Waals surface area contributed by atoms with E-state index in [1.54, 1.807) is 18.1 Å². The van der Waals surface area contributed by atoms with Gasteiger partial charge in [0.05, 0.1) is 5.39 Å². The third-order valence-electron chi connectivity index (χ3n) is 4.80. The summed E-state index contributed by atoms with van der Waals surface area (Å²) in [5.74, 6) is 1.05. The Morgan fingerprint density at radius 1 is 1.07 bits per heavy atom. The van der Waals surface area contributed by atoms with Crippen LogP contribution in [0.4, 0.5) is 0 Å². The molecule has 0 aliphatic rings. The number of thioether (sulfide) groups is 1. The zero-order valence-corrected chi connectivity index (χ0v) is 17.6. The van der Waals surface area contributed by atoms with Crippen molar-refractivity contribution >= 4 is 34.4 Å². The molecule has 0 saturated carbocycles. The molecule has 0 aliphatic heterocycles. The van der Waals surface area contributed by atoms with Crippen LogP contribution >= 0.6 is 23.4 Å². The second-order valence-electron chi connectivity index (χ2n) is 6.79. The second-order valence-corrected chi connectivity index (χ2v) is 8.28. The fraction of sp³-hybridized carbons (Fsp3) is 0.217. The van der Waals surface area contributed by atoms with Gasteiger partial charge in [0.1, 0.15) is 17.0 Å². The van der Waals surface area contributed by atoms with Crippen LogP contribution in [0, 0.1) is 6.92 Å². The lowest BCUT2D eigenvalue weighted by Gasteiger charge is -2.07. The summed E-state index contributed by atoms with van der Waals surface area (Å²) in [5.41, 5.74) is 5.29. The van der Waals surface area contributed by atoms with E-state index >= 15 is 0 Å². The average Bonchev–Trinajstić information content (AvgIpc) is 3.11. The highest BCUT2D eigenvalue weighted by Crippen LogP contribution is 2.37. The second kappa shape index (κ2) is 8.38. The van der Waals surface area contributed by atoms with E-state index in [4.69, 9.17) is 11.6 Å². The molecule has 28 heavy (non-hydrogen) atoms. The van der Waals surface area contributed by atoms with Crippen molar-refractivity contribution in [2.24, 2.45) is 0 Å². The zero-order chi connectivity index (χ0) is 19.5. The Labute approximate surface area is 174 Å². The fourth-order valence-corrected chi connectivity index (χ4v) is 4.49. The molecule has 0 amide bonds. The molecule has 0 bridgehead atoms. The van der Waals surface area contributed by atoms with Gasteiger partial charge in [0.15, 0.2) is 0 Å². The van der Waals surface area contributed by atoms with Gasteiger partial charge in [0.25, 0.3) is 0 Å². The minimum Gasteiger partial charge on any atom is -0.301 e. The largest absolute Gasteiger partial charge is 0.301 e. The molecule has 3 nitrogen and oxygen atoms in total. The maximum Gasteiger partial charge on any atom is 0.149 e. The molecule has 4 rings (SSSR count). The fourth-order valence-electron chi connectivity index (χ4n) is 3.22. The molecule has 142 valence electrons. The standard InChI is InChI=1S/C23H22ClN3S/c1-3-4-12-28-23-21-19(17-8-6-5-7-9-17)14-27(22(21)25-15-26-23)18-11-10-16(2)20(24)13-18/h5-11,13-15H,3-4,12H2,1-2H3. The van der Waals surface area contributed by atoms with Crippen LogP contribution in [0.5, 0.6) is 0 Å². The minimum atomic E-state index is 0.757. The third-order valence-corrected chi connectivity index (χ3v) is 6.29. The number of aryl methyl sites for hydroxylation is 1. The monoisotopic (exact) mass is 407 g/mol. The molecule has 2 aromatic heterocycles. The molecule has 2 heterocycles. The zero-order valence-electron chi connectivity index (χ0n) is 16.0. The molecular formula is C23H22ClN3S. The molecule has 0 aliphatic carbocycles. The van der Waals surface area contributed by atoms with Crippen molar-refractivity contribution in [3.8, 4) is 16.8 Å². The average molecular weight is 408 g/mol. The molecule has 0 radical (unpaired) electrons. The van der Waals surface area contributed by atoms with E-state index in [9.17, 15) is 0 Å². The number of hydrogen-bond donors (Lipinski definition) is 0. The lowest BCUT2D eigenvalue weighted by molar-refractivity contribution is 0.894. The summed E-state index contributed by atoms with van der Waals surface area (Å²) in [6, 6.07) is 16.6. The summed E-state index contributed by atoms with van der Waals surface area (Å²) in [5, 5.41) is 2.90. The Bertz CT molecular complexity index is 1110. The third kappa shape index (κ3) is 3.67. The highest BCUT2D eigenvalue weighted by Gasteiger charge is 2.17. The molecule has 4 aromatic rings. The first-order valence-electron chi connectivity index (χ1n) is 9.50. The first kappa shape index (κ1) is 19.0. The topological polar surface area (TPSA) is 30.7 Å². The van der Waals surface area contributed by atoms with Crippen LogP contribution in [0.15, 0.2) is 66.1 Å². The van der Waals surface area contributed by atoms with Crippen molar-refractivity contribution in [3.05, 3.63) is 71.6 Å². The van der Waals surface area contributed by atoms with E-state index in [0.29, 0.717) is 0 Å². The molecule has 0 spiro atoms. The molecule has 2 aromatic carbocycles. The number of aromatic nitrogens is 3. The minimum absolute atomic E-state index is 0.757. The highest BCUT2D eigenvalue weighted by molar-refractivity contribution is 7.99. The Balaban J connectivity index is 1.94. The van der Waals surface area contributed by atoms with E-state index in [0.717, 1.165) is 49.2 Å². The maximum atomic E-state index is 6.40. The summed E-state index contributed by atoms with van der Waals surface area (Å²) >= 11 is 8.21. The van der Waals surface area contributed by atoms with Gasteiger partial charge in [-0.25, -0.2) is 9.97 Å². The number of benzene rings is 2. The Kier molecular flexibility index (Phi) is 5.69. The lowest BCUT2D eigenvalue weighted by atomic mass is 10.1. The van der Waals surface area contributed by atoms with Gasteiger partial charge in [0, 0.05) is 22.5 Å². The van der Waals surface area contributed by atoms with Gasteiger partial charge in [-0.1, -0.05) is 61.3 Å². The first-order chi connectivity index (χ1) is 13.7. The first-order valence-corrected chi connectivity index (χ1v) is 10.9. The van der Waals surface area contributed by atoms with Gasteiger partial charge in [0.2, 0.25) is 0 Å². The summed E-state index contributed by atoms with van der Waals surface area (Å²) in [7, 11) is 0. The number of rotatable bonds is 6. The normalized spacial score (nSPS) is 11.2. The molecule has 0 unspecified atom stereocenters. The van der Waals surface area contributed by atoms with Gasteiger partial charge >= 0.3 is 0 Å². The number of halogens is 1. The quantitative estimate of drug-likeness (QED) is 0.197. The predicted molar refractivity (Wildman–Crippen MR) is 120 cm³/mol. The van der Waals surface area contributed by atoms with Gasteiger partial charge in [-0.2, -0.15) is 0 Å². The summed E-state index contributed by atoms with van der Waals surface area (Å²) < 4.78 is 2.12. The number of fused-ring (bicyclic) bond motifs is 1. The van der Waals surface area contributed by atoms with E-state index in [-0.39, 0.29) is 0 Å². The van der Waals surface area contributed by atoms with Crippen molar-refractivity contribution in [2.45, 2.75) is 31.7 Å². The Morgan fingerprint density at radius 3 is 2.64 bits per heavy atom. The van der Waals surface area contributed by atoms with Crippen LogP contribution in [-0.4, -0.2) is 20.3 Å². The number of hydrogen-bond acceptors (Lipinski definition) is 3. The smallest absolute Gasteiger partial charge is 0.149 e. The lowest BCUT2D eigenvalue weighted by Crippen LogP contribution is -1.95. The van der Waals surface area contributed by atoms with Crippen LogP contribution in [0.1, 0.15) is 25.3 Å². The Morgan fingerprint density at radius 2 is 1.89 bits per heavy atom. The van der Waals surface area contributed by atoms with Crippen LogP contribution in [0.2, 0.25) is 5.02 Å². The Hall–Kier alpha value is -2.30. The molecular weight excluding hydrogens is 386 g/mol. The summed E-state index contributed by atoms with van der Waals surface area (Å²) in [6.07, 6.45) is 6.16. The van der Waals surface area contributed by atoms with E-state index in [1.807, 2.05) is 25.1 Å². The predicted octanol–water partition coefficient (Wildman–Crippen LogP) is 6.94. The van der Waals surface area contributed by atoms with Gasteiger partial charge in [-0.05, 0) is 42.4 Å². The summed E-state index contributed by atoms with van der Waals surface area (Å²) in [4.78, 5) is 9.26. The van der Waals surface area contributed by atoms with E-state index in [1.165, 1.54) is 12.8 Å². The van der Waals surface area contributed by atoms with Crippen LogP contribution < -0.4 is 0 Å². The van der Waals surface area contributed by atoms with Crippen molar-refractivity contribution in [2.75, 3.05) is 5.75 Å². The molecule has 0 N–H and O–H groups in total. The van der Waals surface area contributed by atoms with Crippen LogP contribution in [0.3, 0.4) is 0 Å². The van der Waals surface area contributed by atoms with Crippen molar-refractivity contribution in [1.82, 2.24) is 14.5 Å². The van der Waals surface area contributed by atoms with E-state index < -0.39 is 0 Å². The summed E-state index contributed by atoms with van der Waals surface area (Å²) in [6.45, 7) is 4.23. The number of nitrogens with zero attached hydrogens (tertiary/aromatic N) is 3.